The molecule has 0 bridgehead atoms. The van der Waals surface area contributed by atoms with E-state index in [0.29, 0.717) is 34.8 Å². The van der Waals surface area contributed by atoms with E-state index in [0.717, 1.165) is 4.90 Å². The lowest BCUT2D eigenvalue weighted by Crippen LogP contribution is -2.36. The summed E-state index contributed by atoms with van der Waals surface area (Å²) in [5.74, 6) is -1.16. The van der Waals surface area contributed by atoms with Crippen LogP contribution < -0.4 is 21.0 Å². The van der Waals surface area contributed by atoms with Crippen molar-refractivity contribution in [3.8, 4) is 0 Å². The number of hydrogen-bond donors (Lipinski definition) is 3. The van der Waals surface area contributed by atoms with Crippen molar-refractivity contribution in [2.24, 2.45) is 5.10 Å². The molecule has 11 heteroatoms. The first-order valence-corrected chi connectivity index (χ1v) is 15.1. The summed E-state index contributed by atoms with van der Waals surface area (Å²) in [7, 11) is 0. The highest BCUT2D eigenvalue weighted by Gasteiger charge is 2.28. The highest BCUT2D eigenvalue weighted by Crippen LogP contribution is 2.28. The van der Waals surface area contributed by atoms with Crippen LogP contribution in [0.2, 0.25) is 0 Å². The minimum atomic E-state index is -0.526. The maximum Gasteiger partial charge on any atom is 0.272 e. The number of nitrogens with one attached hydrogen (secondary N) is 3. The molecule has 1 aliphatic rings. The predicted octanol–water partition coefficient (Wildman–Crippen LogP) is 5.23. The SMILES string of the molecule is CCC(Sc1cccc(NC(=O)/C(=C/c2cccnc2)NC(=O)c2ccccc2)c1)C(=O)NC1=NN(c2ccccc2)C(=O)C1. The fourth-order valence-electron chi connectivity index (χ4n) is 4.40. The number of hydrazone groups is 1. The molecule has 1 aromatic heterocycles. The number of thioether (sulfide) groups is 1. The molecule has 1 unspecified atom stereocenters. The molecule has 1 aliphatic heterocycles. The molecule has 0 spiro atoms. The Morgan fingerprint density at radius 1 is 0.933 bits per heavy atom. The van der Waals surface area contributed by atoms with Crippen LogP contribution in [-0.2, 0) is 14.4 Å². The Kier molecular flexibility index (Phi) is 10.1. The van der Waals surface area contributed by atoms with Crippen molar-refractivity contribution in [2.75, 3.05) is 10.3 Å². The van der Waals surface area contributed by atoms with Crippen LogP contribution in [0.25, 0.3) is 6.08 Å². The van der Waals surface area contributed by atoms with E-state index in [1.165, 1.54) is 16.8 Å². The first-order valence-electron chi connectivity index (χ1n) is 14.2. The van der Waals surface area contributed by atoms with Gasteiger partial charge in [0.15, 0.2) is 0 Å². The Morgan fingerprint density at radius 3 is 2.40 bits per heavy atom. The van der Waals surface area contributed by atoms with Gasteiger partial charge in [0, 0.05) is 28.5 Å². The van der Waals surface area contributed by atoms with Crippen LogP contribution in [0.4, 0.5) is 11.4 Å². The minimum absolute atomic E-state index is 0.00103. The lowest BCUT2D eigenvalue weighted by Gasteiger charge is -2.15. The zero-order valence-electron chi connectivity index (χ0n) is 24.3. The van der Waals surface area contributed by atoms with Crippen LogP contribution in [0.1, 0.15) is 35.7 Å². The highest BCUT2D eigenvalue weighted by atomic mass is 32.2. The van der Waals surface area contributed by atoms with E-state index in [9.17, 15) is 19.2 Å². The van der Waals surface area contributed by atoms with E-state index in [2.05, 4.69) is 26.0 Å². The molecule has 0 saturated carbocycles. The van der Waals surface area contributed by atoms with Gasteiger partial charge >= 0.3 is 0 Å². The predicted molar refractivity (Wildman–Crippen MR) is 175 cm³/mol. The Morgan fingerprint density at radius 2 is 1.69 bits per heavy atom. The Bertz CT molecular complexity index is 1750. The van der Waals surface area contributed by atoms with Crippen molar-refractivity contribution in [1.29, 1.82) is 0 Å². The van der Waals surface area contributed by atoms with Gasteiger partial charge in [-0.2, -0.15) is 10.1 Å². The van der Waals surface area contributed by atoms with Crippen LogP contribution in [-0.4, -0.2) is 39.7 Å². The number of aromatic nitrogens is 1. The van der Waals surface area contributed by atoms with E-state index in [1.807, 2.05) is 31.2 Å². The second-order valence-corrected chi connectivity index (χ2v) is 11.2. The summed E-state index contributed by atoms with van der Waals surface area (Å²) >= 11 is 1.33. The van der Waals surface area contributed by atoms with Gasteiger partial charge in [-0.1, -0.05) is 55.5 Å². The van der Waals surface area contributed by atoms with E-state index in [-0.39, 0.29) is 23.9 Å². The first-order chi connectivity index (χ1) is 21.9. The second-order valence-electron chi connectivity index (χ2n) is 9.92. The van der Waals surface area contributed by atoms with Gasteiger partial charge in [-0.05, 0) is 66.6 Å². The summed E-state index contributed by atoms with van der Waals surface area (Å²) in [6, 6.07) is 28.2. The molecule has 0 radical (unpaired) electrons. The molecule has 4 amide bonds. The van der Waals surface area contributed by atoms with E-state index >= 15 is 0 Å². The van der Waals surface area contributed by atoms with Crippen LogP contribution in [0.15, 0.2) is 125 Å². The average Bonchev–Trinajstić information content (AvgIpc) is 3.44. The minimum Gasteiger partial charge on any atom is -0.321 e. The molecular weight excluding hydrogens is 588 g/mol. The van der Waals surface area contributed by atoms with Gasteiger partial charge in [-0.3, -0.25) is 24.2 Å². The van der Waals surface area contributed by atoms with Crippen molar-refractivity contribution >= 4 is 58.7 Å². The van der Waals surface area contributed by atoms with Crippen molar-refractivity contribution < 1.29 is 19.2 Å². The standard InChI is InChI=1S/C34H30N6O4S/c1-2-29(34(44)38-30-21-31(41)40(39-30)26-15-7-4-8-16-26)45-27-17-9-14-25(20-27)36-33(43)28(19-23-11-10-18-35-22-23)37-32(42)24-12-5-3-6-13-24/h3-20,22,29H,2,21H2,1H3,(H,36,43)(H,37,42)(H,38,39,44)/b28-19-. The van der Waals surface area contributed by atoms with Gasteiger partial charge in [0.25, 0.3) is 17.7 Å². The first kappa shape index (κ1) is 30.9. The third-order valence-electron chi connectivity index (χ3n) is 6.60. The van der Waals surface area contributed by atoms with Crippen molar-refractivity contribution in [1.82, 2.24) is 15.6 Å². The summed E-state index contributed by atoms with van der Waals surface area (Å²) in [4.78, 5) is 56.8. The third-order valence-corrected chi connectivity index (χ3v) is 7.96. The quantitative estimate of drug-likeness (QED) is 0.165. The van der Waals surface area contributed by atoms with Gasteiger partial charge in [0.2, 0.25) is 5.91 Å². The molecule has 10 nitrogen and oxygen atoms in total. The smallest absolute Gasteiger partial charge is 0.272 e. The topological polar surface area (TPSA) is 133 Å². The van der Waals surface area contributed by atoms with Gasteiger partial charge < -0.3 is 16.0 Å². The summed E-state index contributed by atoms with van der Waals surface area (Å²) < 4.78 is 0. The van der Waals surface area contributed by atoms with Crippen LogP contribution in [0, 0.1) is 0 Å². The monoisotopic (exact) mass is 618 g/mol. The molecule has 0 fully saturated rings. The molecule has 45 heavy (non-hydrogen) atoms. The summed E-state index contributed by atoms with van der Waals surface area (Å²) in [6.07, 6.45) is 5.27. The molecule has 1 atom stereocenters. The number of carbonyl (C=O) groups excluding carboxylic acids is 4. The Balaban J connectivity index is 1.26. The number of hydrogen-bond acceptors (Lipinski definition) is 7. The molecule has 4 aromatic rings. The van der Waals surface area contributed by atoms with Crippen LogP contribution in [0.5, 0.6) is 0 Å². The molecule has 5 rings (SSSR count). The highest BCUT2D eigenvalue weighted by molar-refractivity contribution is 8.00. The lowest BCUT2D eigenvalue weighted by molar-refractivity contribution is -0.119. The molecule has 3 aromatic carbocycles. The number of carbonyl (C=O) groups is 4. The molecule has 0 saturated heterocycles. The molecule has 226 valence electrons. The molecular formula is C34H30N6O4S. The molecule has 2 heterocycles. The normalized spacial score (nSPS) is 13.5. The zero-order valence-corrected chi connectivity index (χ0v) is 25.2. The zero-order chi connectivity index (χ0) is 31.6. The van der Waals surface area contributed by atoms with E-state index in [4.69, 9.17) is 0 Å². The number of amidine groups is 1. The summed E-state index contributed by atoms with van der Waals surface area (Å²) in [5.41, 5.74) is 2.20. The van der Waals surface area contributed by atoms with Crippen LogP contribution in [0.3, 0.4) is 0 Å². The molecule has 3 N–H and O–H groups in total. The van der Waals surface area contributed by atoms with Gasteiger partial charge in [-0.15, -0.1) is 11.8 Å². The summed E-state index contributed by atoms with van der Waals surface area (Å²) in [6.45, 7) is 1.89. The van der Waals surface area contributed by atoms with Crippen molar-refractivity contribution in [3.63, 3.8) is 0 Å². The van der Waals surface area contributed by atoms with Gasteiger partial charge in [0.05, 0.1) is 17.4 Å². The van der Waals surface area contributed by atoms with Gasteiger partial charge in [0.1, 0.15) is 11.5 Å². The largest absolute Gasteiger partial charge is 0.321 e. The maximum atomic E-state index is 13.4. The number of benzene rings is 3. The van der Waals surface area contributed by atoms with E-state index in [1.54, 1.807) is 91.3 Å². The van der Waals surface area contributed by atoms with Crippen LogP contribution >= 0.6 is 11.8 Å². The fourth-order valence-corrected chi connectivity index (χ4v) is 5.41. The van der Waals surface area contributed by atoms with E-state index < -0.39 is 17.1 Å². The van der Waals surface area contributed by atoms with Crippen molar-refractivity contribution in [3.05, 3.63) is 126 Å². The fraction of sp³-hybridized carbons (Fsp3) is 0.118. The number of rotatable bonds is 10. The lowest BCUT2D eigenvalue weighted by atomic mass is 10.2. The maximum absolute atomic E-state index is 13.4. The third kappa shape index (κ3) is 8.30. The van der Waals surface area contributed by atoms with Gasteiger partial charge in [-0.25, -0.2) is 0 Å². The average molecular weight is 619 g/mol. The number of anilines is 2. The Hall–Kier alpha value is -5.55. The second kappa shape index (κ2) is 14.8. The van der Waals surface area contributed by atoms with Crippen molar-refractivity contribution in [2.45, 2.75) is 29.9 Å². The summed E-state index contributed by atoms with van der Waals surface area (Å²) in [5, 5.41) is 13.5. The Labute approximate surface area is 264 Å². The number of para-hydroxylation sites is 1. The number of nitrogens with zero attached hydrogens (tertiary/aromatic N) is 3. The molecule has 0 aliphatic carbocycles. The number of amides is 4. The number of pyridine rings is 1.